The van der Waals surface area contributed by atoms with E-state index in [2.05, 4.69) is 25.6 Å². The Morgan fingerprint density at radius 1 is 1.12 bits per heavy atom. The van der Waals surface area contributed by atoms with Gasteiger partial charge in [-0.05, 0) is 12.1 Å². The van der Waals surface area contributed by atoms with Gasteiger partial charge in [0.25, 0.3) is 0 Å². The van der Waals surface area contributed by atoms with Crippen LogP contribution < -0.4 is 16.3 Å². The number of amides is 2. The second kappa shape index (κ2) is 4.88. The predicted molar refractivity (Wildman–Crippen MR) is 61.7 cm³/mol. The van der Waals surface area contributed by atoms with Crippen LogP contribution in [0.3, 0.4) is 0 Å². The van der Waals surface area contributed by atoms with Crippen LogP contribution in [0.15, 0.2) is 41.5 Å². The molecule has 2 aromatic rings. The highest BCUT2D eigenvalue weighted by atomic mass is 16.2. The van der Waals surface area contributed by atoms with Crippen LogP contribution in [0, 0.1) is 0 Å². The highest BCUT2D eigenvalue weighted by Crippen LogP contribution is 2.05. The zero-order chi connectivity index (χ0) is 12.1. The number of nitrogens with zero attached hydrogens (tertiary/aromatic N) is 2. The van der Waals surface area contributed by atoms with Gasteiger partial charge < -0.3 is 5.32 Å². The summed E-state index contributed by atoms with van der Waals surface area (Å²) < 4.78 is 0. The fourth-order valence-corrected chi connectivity index (χ4v) is 1.16. The second-order valence-electron chi connectivity index (χ2n) is 3.10. The Bertz CT molecular complexity index is 566. The summed E-state index contributed by atoms with van der Waals surface area (Å²) in [5.41, 5.74) is 0.0661. The van der Waals surface area contributed by atoms with Gasteiger partial charge in [-0.3, -0.25) is 10.3 Å². The van der Waals surface area contributed by atoms with Gasteiger partial charge in [0.2, 0.25) is 5.95 Å². The summed E-state index contributed by atoms with van der Waals surface area (Å²) in [4.78, 5) is 31.6. The second-order valence-corrected chi connectivity index (χ2v) is 3.10. The number of para-hydroxylation sites is 1. The van der Waals surface area contributed by atoms with E-state index in [0.717, 1.165) is 6.33 Å². The highest BCUT2D eigenvalue weighted by molar-refractivity contribution is 5.98. The molecular formula is C10H9N5O2. The first-order chi connectivity index (χ1) is 8.24. The van der Waals surface area contributed by atoms with Crippen molar-refractivity contribution >= 4 is 17.7 Å². The average Bonchev–Trinajstić information content (AvgIpc) is 2.30. The first-order valence-corrected chi connectivity index (χ1v) is 4.78. The zero-order valence-electron chi connectivity index (χ0n) is 8.68. The van der Waals surface area contributed by atoms with E-state index in [4.69, 9.17) is 0 Å². The van der Waals surface area contributed by atoms with Crippen molar-refractivity contribution in [1.29, 1.82) is 0 Å². The number of aromatic amines is 1. The maximum Gasteiger partial charge on any atom is 0.349 e. The number of H-pyrrole nitrogens is 1. The van der Waals surface area contributed by atoms with Gasteiger partial charge in [-0.15, -0.1) is 0 Å². The lowest BCUT2D eigenvalue weighted by atomic mass is 10.3. The van der Waals surface area contributed by atoms with Gasteiger partial charge in [-0.1, -0.05) is 18.2 Å². The monoisotopic (exact) mass is 231 g/mol. The smallest absolute Gasteiger partial charge is 0.308 e. The van der Waals surface area contributed by atoms with Gasteiger partial charge in [0.05, 0.1) is 0 Å². The molecule has 2 amide bonds. The Morgan fingerprint density at radius 3 is 2.59 bits per heavy atom. The van der Waals surface area contributed by atoms with E-state index in [0.29, 0.717) is 5.69 Å². The molecule has 7 nitrogen and oxygen atoms in total. The molecule has 7 heteroatoms. The number of aromatic nitrogens is 3. The molecule has 0 unspecified atom stereocenters. The minimum atomic E-state index is -0.574. The van der Waals surface area contributed by atoms with Crippen LogP contribution in [0.1, 0.15) is 0 Å². The Hall–Kier alpha value is -2.70. The molecule has 3 N–H and O–H groups in total. The standard InChI is InChI=1S/C10H9N5O2/c16-9-12-6-11-8(14-9)15-10(17)13-7-4-2-1-3-5-7/h1-6H,(H3,11,12,13,14,15,16,17). The van der Waals surface area contributed by atoms with Crippen molar-refractivity contribution in [2.45, 2.75) is 0 Å². The Morgan fingerprint density at radius 2 is 1.88 bits per heavy atom. The maximum absolute atomic E-state index is 11.5. The van der Waals surface area contributed by atoms with Crippen LogP contribution in [0.4, 0.5) is 16.4 Å². The molecule has 0 radical (unpaired) electrons. The molecule has 86 valence electrons. The minimum Gasteiger partial charge on any atom is -0.308 e. The zero-order valence-corrected chi connectivity index (χ0v) is 8.68. The molecule has 0 saturated heterocycles. The van der Waals surface area contributed by atoms with Crippen LogP contribution in [0.2, 0.25) is 0 Å². The topological polar surface area (TPSA) is 99.8 Å². The van der Waals surface area contributed by atoms with E-state index in [1.165, 1.54) is 0 Å². The fourth-order valence-electron chi connectivity index (χ4n) is 1.16. The molecule has 0 aliphatic rings. The molecule has 1 heterocycles. The number of anilines is 2. The van der Waals surface area contributed by atoms with Crippen molar-refractivity contribution in [2.75, 3.05) is 10.6 Å². The van der Waals surface area contributed by atoms with Gasteiger partial charge in [0.1, 0.15) is 6.33 Å². The molecular weight excluding hydrogens is 222 g/mol. The Labute approximate surface area is 95.9 Å². The third-order valence-electron chi connectivity index (χ3n) is 1.85. The molecule has 2 rings (SSSR count). The number of rotatable bonds is 2. The van der Waals surface area contributed by atoms with E-state index in [-0.39, 0.29) is 5.95 Å². The van der Waals surface area contributed by atoms with E-state index in [1.807, 2.05) is 6.07 Å². The average molecular weight is 231 g/mol. The first kappa shape index (κ1) is 10.8. The van der Waals surface area contributed by atoms with Gasteiger partial charge in [-0.2, -0.15) is 4.98 Å². The summed E-state index contributed by atoms with van der Waals surface area (Å²) in [6.07, 6.45) is 1.07. The van der Waals surface area contributed by atoms with Crippen molar-refractivity contribution in [3.8, 4) is 0 Å². The Kier molecular flexibility index (Phi) is 3.10. The van der Waals surface area contributed by atoms with Crippen molar-refractivity contribution in [3.05, 3.63) is 47.1 Å². The lowest BCUT2D eigenvalue weighted by Gasteiger charge is -2.05. The van der Waals surface area contributed by atoms with Gasteiger partial charge >= 0.3 is 11.7 Å². The van der Waals surface area contributed by atoms with Crippen LogP contribution in [0.25, 0.3) is 0 Å². The van der Waals surface area contributed by atoms with Crippen LogP contribution in [0.5, 0.6) is 0 Å². The summed E-state index contributed by atoms with van der Waals surface area (Å²) in [7, 11) is 0. The van der Waals surface area contributed by atoms with E-state index in [9.17, 15) is 9.59 Å². The number of carbonyl (C=O) groups excluding carboxylic acids is 1. The molecule has 0 fully saturated rings. The van der Waals surface area contributed by atoms with Crippen LogP contribution in [-0.2, 0) is 0 Å². The molecule has 0 aliphatic carbocycles. The van der Waals surface area contributed by atoms with Crippen molar-refractivity contribution in [2.24, 2.45) is 0 Å². The quantitative estimate of drug-likeness (QED) is 0.712. The third kappa shape index (κ3) is 3.13. The first-order valence-electron chi connectivity index (χ1n) is 4.78. The van der Waals surface area contributed by atoms with E-state index < -0.39 is 11.7 Å². The number of benzene rings is 1. The summed E-state index contributed by atoms with van der Waals surface area (Å²) in [5.74, 6) is 0.0402. The lowest BCUT2D eigenvalue weighted by Crippen LogP contribution is -2.23. The largest absolute Gasteiger partial charge is 0.349 e. The normalized spacial score (nSPS) is 9.65. The highest BCUT2D eigenvalue weighted by Gasteiger charge is 2.03. The summed E-state index contributed by atoms with van der Waals surface area (Å²) in [5, 5.41) is 4.95. The number of hydrogen-bond donors (Lipinski definition) is 3. The number of nitrogens with one attached hydrogen (secondary N) is 3. The molecule has 1 aromatic carbocycles. The lowest BCUT2D eigenvalue weighted by molar-refractivity contribution is 0.262. The molecule has 0 atom stereocenters. The van der Waals surface area contributed by atoms with E-state index in [1.54, 1.807) is 24.3 Å². The molecule has 0 spiro atoms. The van der Waals surface area contributed by atoms with Gasteiger partial charge in [0, 0.05) is 5.69 Å². The van der Waals surface area contributed by atoms with E-state index >= 15 is 0 Å². The van der Waals surface area contributed by atoms with Crippen molar-refractivity contribution in [1.82, 2.24) is 15.0 Å². The molecule has 17 heavy (non-hydrogen) atoms. The van der Waals surface area contributed by atoms with Crippen molar-refractivity contribution < 1.29 is 4.79 Å². The molecule has 0 bridgehead atoms. The molecule has 0 aliphatic heterocycles. The predicted octanol–water partition coefficient (Wildman–Crippen LogP) is 0.809. The SMILES string of the molecule is O=C(Nc1ccccc1)Nc1ncnc(=O)[nH]1. The van der Waals surface area contributed by atoms with Crippen molar-refractivity contribution in [3.63, 3.8) is 0 Å². The minimum absolute atomic E-state index is 0.0402. The third-order valence-corrected chi connectivity index (χ3v) is 1.85. The fraction of sp³-hybridized carbons (Fsp3) is 0. The molecule has 0 saturated carbocycles. The Balaban J connectivity index is 2.01. The summed E-state index contributed by atoms with van der Waals surface area (Å²) in [6.45, 7) is 0. The number of hydrogen-bond acceptors (Lipinski definition) is 4. The molecule has 1 aromatic heterocycles. The van der Waals surface area contributed by atoms with Crippen LogP contribution >= 0.6 is 0 Å². The number of carbonyl (C=O) groups is 1. The number of urea groups is 1. The maximum atomic E-state index is 11.5. The van der Waals surface area contributed by atoms with Gasteiger partial charge in [0.15, 0.2) is 0 Å². The summed E-state index contributed by atoms with van der Waals surface area (Å²) in [6, 6.07) is 8.41. The summed E-state index contributed by atoms with van der Waals surface area (Å²) >= 11 is 0. The van der Waals surface area contributed by atoms with Crippen LogP contribution in [-0.4, -0.2) is 21.0 Å². The van der Waals surface area contributed by atoms with Gasteiger partial charge in [-0.25, -0.2) is 14.6 Å².